The maximum atomic E-state index is 10.7. The zero-order valence-electron chi connectivity index (χ0n) is 6.94. The van der Waals surface area contributed by atoms with Crippen molar-refractivity contribution in [3.63, 3.8) is 0 Å². The number of nitrogens with zero attached hydrogens (tertiary/aromatic N) is 2. The van der Waals surface area contributed by atoms with E-state index in [2.05, 4.69) is 15.2 Å². The van der Waals surface area contributed by atoms with Gasteiger partial charge in [-0.3, -0.25) is 4.79 Å². The molecule has 2 rings (SSSR count). The summed E-state index contributed by atoms with van der Waals surface area (Å²) in [6.07, 6.45) is 1.78. The van der Waals surface area contributed by atoms with Crippen LogP contribution in [0.2, 0.25) is 0 Å². The molecule has 0 atom stereocenters. The van der Waals surface area contributed by atoms with Crippen molar-refractivity contribution < 1.29 is 0 Å². The number of aromatic amines is 1. The Morgan fingerprint density at radius 2 is 2.31 bits per heavy atom. The molecule has 13 heavy (non-hydrogen) atoms. The fraction of sp³-hybridized carbons (Fsp3) is 0.125. The molecule has 0 fully saturated rings. The van der Waals surface area contributed by atoms with Crippen molar-refractivity contribution in [2.45, 2.75) is 6.92 Å². The summed E-state index contributed by atoms with van der Waals surface area (Å²) in [5.41, 5.74) is 0.509. The summed E-state index contributed by atoms with van der Waals surface area (Å²) in [5, 5.41) is 7.07. The Morgan fingerprint density at radius 3 is 2.85 bits per heavy atom. The van der Waals surface area contributed by atoms with E-state index in [1.807, 2.05) is 6.92 Å². The molecule has 0 aliphatic heterocycles. The number of nitrogens with one attached hydrogen (secondary N) is 1. The van der Waals surface area contributed by atoms with Gasteiger partial charge in [0.05, 0.1) is 0 Å². The lowest BCUT2D eigenvalue weighted by Crippen LogP contribution is -2.05. The predicted octanol–water partition coefficient (Wildman–Crippen LogP) is 1.20. The van der Waals surface area contributed by atoms with Crippen LogP contribution in [0.4, 0.5) is 0 Å². The van der Waals surface area contributed by atoms with Gasteiger partial charge in [-0.2, -0.15) is 5.10 Å². The van der Waals surface area contributed by atoms with Crippen molar-refractivity contribution in [3.8, 4) is 10.7 Å². The summed E-state index contributed by atoms with van der Waals surface area (Å²) in [6, 6.07) is 3.11. The van der Waals surface area contributed by atoms with E-state index >= 15 is 0 Å². The minimum atomic E-state index is -0.197. The molecule has 0 saturated heterocycles. The summed E-state index contributed by atoms with van der Waals surface area (Å²) in [7, 11) is 0. The van der Waals surface area contributed by atoms with E-state index in [-0.39, 0.29) is 5.56 Å². The summed E-state index contributed by atoms with van der Waals surface area (Å²) in [6.45, 7) is 1.98. The first-order chi connectivity index (χ1) is 6.25. The maximum absolute atomic E-state index is 10.7. The monoisotopic (exact) mass is 193 g/mol. The van der Waals surface area contributed by atoms with Crippen LogP contribution in [0, 0.1) is 6.92 Å². The van der Waals surface area contributed by atoms with Crippen LogP contribution in [-0.4, -0.2) is 15.2 Å². The number of hydrogen-bond acceptors (Lipinski definition) is 4. The first-order valence-corrected chi connectivity index (χ1v) is 4.56. The van der Waals surface area contributed by atoms with Crippen molar-refractivity contribution in [3.05, 3.63) is 33.6 Å². The summed E-state index contributed by atoms with van der Waals surface area (Å²) in [4.78, 5) is 16.0. The maximum Gasteiger partial charge on any atom is 0.264 e. The molecule has 2 aromatic rings. The van der Waals surface area contributed by atoms with Gasteiger partial charge < -0.3 is 0 Å². The van der Waals surface area contributed by atoms with Crippen molar-refractivity contribution in [1.29, 1.82) is 0 Å². The molecule has 2 heterocycles. The van der Waals surface area contributed by atoms with Crippen LogP contribution in [0.3, 0.4) is 0 Å². The van der Waals surface area contributed by atoms with Crippen LogP contribution in [0.25, 0.3) is 10.7 Å². The van der Waals surface area contributed by atoms with Gasteiger partial charge >= 0.3 is 0 Å². The number of hydrogen-bond donors (Lipinski definition) is 1. The standard InChI is InChI=1S/C8H7N3OS/c1-5-4-9-8(13-5)6-2-3-7(12)11-10-6/h2-4H,1H3,(H,11,12). The Labute approximate surface area is 78.3 Å². The number of thiazole rings is 1. The molecule has 0 unspecified atom stereocenters. The lowest BCUT2D eigenvalue weighted by molar-refractivity contribution is 0.993. The van der Waals surface area contributed by atoms with Gasteiger partial charge in [0, 0.05) is 17.1 Å². The molecule has 0 bridgehead atoms. The highest BCUT2D eigenvalue weighted by Gasteiger charge is 2.02. The Morgan fingerprint density at radius 1 is 1.46 bits per heavy atom. The second-order valence-electron chi connectivity index (χ2n) is 2.58. The second kappa shape index (κ2) is 3.10. The molecule has 0 saturated carbocycles. The van der Waals surface area contributed by atoms with Crippen LogP contribution < -0.4 is 5.56 Å². The lowest BCUT2D eigenvalue weighted by atomic mass is 10.4. The summed E-state index contributed by atoms with van der Waals surface area (Å²) in [5.74, 6) is 0. The zero-order valence-corrected chi connectivity index (χ0v) is 7.76. The molecular formula is C8H7N3OS. The quantitative estimate of drug-likeness (QED) is 0.740. The molecular weight excluding hydrogens is 186 g/mol. The van der Waals surface area contributed by atoms with E-state index in [0.29, 0.717) is 5.69 Å². The molecule has 4 nitrogen and oxygen atoms in total. The highest BCUT2D eigenvalue weighted by molar-refractivity contribution is 7.14. The zero-order chi connectivity index (χ0) is 9.26. The summed E-state index contributed by atoms with van der Waals surface area (Å²) >= 11 is 1.55. The van der Waals surface area contributed by atoms with E-state index < -0.39 is 0 Å². The Balaban J connectivity index is 2.47. The highest BCUT2D eigenvalue weighted by atomic mass is 32.1. The van der Waals surface area contributed by atoms with Crippen LogP contribution in [0.1, 0.15) is 4.88 Å². The number of rotatable bonds is 1. The molecule has 0 aliphatic rings. The molecule has 66 valence electrons. The molecule has 0 amide bonds. The Bertz CT molecular complexity index is 454. The van der Waals surface area contributed by atoms with E-state index in [9.17, 15) is 4.79 Å². The van der Waals surface area contributed by atoms with Gasteiger partial charge in [-0.15, -0.1) is 11.3 Å². The third-order valence-electron chi connectivity index (χ3n) is 1.52. The fourth-order valence-corrected chi connectivity index (χ4v) is 1.67. The third kappa shape index (κ3) is 1.65. The number of aromatic nitrogens is 3. The average Bonchev–Trinajstić information content (AvgIpc) is 2.53. The summed E-state index contributed by atoms with van der Waals surface area (Å²) < 4.78 is 0. The van der Waals surface area contributed by atoms with E-state index in [1.54, 1.807) is 23.6 Å². The van der Waals surface area contributed by atoms with Crippen LogP contribution in [0.5, 0.6) is 0 Å². The predicted molar refractivity (Wildman–Crippen MR) is 50.7 cm³/mol. The van der Waals surface area contributed by atoms with Gasteiger partial charge in [-0.25, -0.2) is 10.1 Å². The molecule has 0 aliphatic carbocycles. The van der Waals surface area contributed by atoms with E-state index in [1.165, 1.54) is 6.07 Å². The normalized spacial score (nSPS) is 10.2. The molecule has 0 spiro atoms. The van der Waals surface area contributed by atoms with E-state index in [4.69, 9.17) is 0 Å². The minimum absolute atomic E-state index is 0.197. The molecule has 0 aromatic carbocycles. The van der Waals surface area contributed by atoms with Crippen LogP contribution in [-0.2, 0) is 0 Å². The van der Waals surface area contributed by atoms with Gasteiger partial charge in [-0.1, -0.05) is 0 Å². The minimum Gasteiger partial charge on any atom is -0.268 e. The topological polar surface area (TPSA) is 58.6 Å². The van der Waals surface area contributed by atoms with Gasteiger partial charge in [0.15, 0.2) is 0 Å². The Hall–Kier alpha value is -1.49. The number of H-pyrrole nitrogens is 1. The van der Waals surface area contributed by atoms with Gasteiger partial charge in [0.25, 0.3) is 5.56 Å². The highest BCUT2D eigenvalue weighted by Crippen LogP contribution is 2.20. The first kappa shape index (κ1) is 8.12. The molecule has 5 heteroatoms. The smallest absolute Gasteiger partial charge is 0.264 e. The average molecular weight is 193 g/mol. The van der Waals surface area contributed by atoms with Crippen molar-refractivity contribution in [2.75, 3.05) is 0 Å². The van der Waals surface area contributed by atoms with Crippen LogP contribution >= 0.6 is 11.3 Å². The lowest BCUT2D eigenvalue weighted by Gasteiger charge is -1.90. The molecule has 1 N–H and O–H groups in total. The SMILES string of the molecule is Cc1cnc(-c2ccc(=O)[nH]n2)s1. The van der Waals surface area contributed by atoms with Crippen LogP contribution in [0.15, 0.2) is 23.1 Å². The van der Waals surface area contributed by atoms with Crippen molar-refractivity contribution in [1.82, 2.24) is 15.2 Å². The van der Waals surface area contributed by atoms with Crippen molar-refractivity contribution in [2.24, 2.45) is 0 Å². The molecule has 0 radical (unpaired) electrons. The second-order valence-corrected chi connectivity index (χ2v) is 3.82. The van der Waals surface area contributed by atoms with Gasteiger partial charge in [-0.05, 0) is 13.0 Å². The van der Waals surface area contributed by atoms with Gasteiger partial charge in [0.2, 0.25) is 0 Å². The first-order valence-electron chi connectivity index (χ1n) is 3.74. The third-order valence-corrected chi connectivity index (χ3v) is 2.45. The van der Waals surface area contributed by atoms with Gasteiger partial charge in [0.1, 0.15) is 10.7 Å². The number of aryl methyl sites for hydroxylation is 1. The Kier molecular flexibility index (Phi) is 1.94. The van der Waals surface area contributed by atoms with E-state index in [0.717, 1.165) is 9.88 Å². The molecule has 2 aromatic heterocycles. The largest absolute Gasteiger partial charge is 0.268 e. The fourth-order valence-electron chi connectivity index (χ4n) is 0.937. The van der Waals surface area contributed by atoms with Crippen molar-refractivity contribution >= 4 is 11.3 Å².